The quantitative estimate of drug-likeness (QED) is 0.741. The topological polar surface area (TPSA) is 40.5 Å². The van der Waals surface area contributed by atoms with Crippen LogP contribution in [0.2, 0.25) is 0 Å². The molecule has 0 saturated carbocycles. The predicted octanol–water partition coefficient (Wildman–Crippen LogP) is 1.98. The third-order valence-corrected chi connectivity index (χ3v) is 3.52. The van der Waals surface area contributed by atoms with Crippen molar-refractivity contribution in [2.75, 3.05) is 19.6 Å². The molecule has 1 heterocycles. The minimum Gasteiger partial charge on any atom is -0.481 e. The molecule has 0 radical (unpaired) electrons. The van der Waals surface area contributed by atoms with E-state index in [1.807, 2.05) is 13.8 Å². The van der Waals surface area contributed by atoms with Gasteiger partial charge in [0.05, 0.1) is 5.41 Å². The van der Waals surface area contributed by atoms with Gasteiger partial charge in [0.15, 0.2) is 0 Å². The summed E-state index contributed by atoms with van der Waals surface area (Å²) < 4.78 is 0. The van der Waals surface area contributed by atoms with Crippen molar-refractivity contribution in [2.24, 2.45) is 5.41 Å². The molecule has 0 aromatic carbocycles. The highest BCUT2D eigenvalue weighted by molar-refractivity contribution is 5.75. The van der Waals surface area contributed by atoms with E-state index in [9.17, 15) is 9.90 Å². The third-order valence-electron chi connectivity index (χ3n) is 3.52. The maximum atomic E-state index is 11.3. The Kier molecular flexibility index (Phi) is 4.82. The first-order valence-electron chi connectivity index (χ1n) is 6.00. The summed E-state index contributed by atoms with van der Waals surface area (Å²) in [6.45, 7) is 6.41. The average molecular weight is 223 g/mol. The lowest BCUT2D eigenvalue weighted by Gasteiger charge is -2.39. The smallest absolute Gasteiger partial charge is 0.310 e. The molecule has 1 atom stereocenters. The highest BCUT2D eigenvalue weighted by Crippen LogP contribution is 2.33. The molecular formula is C13H21NO2. The number of likely N-dealkylation sites (tertiary alicyclic amines) is 1. The van der Waals surface area contributed by atoms with Crippen molar-refractivity contribution < 1.29 is 9.90 Å². The molecule has 3 heteroatoms. The molecular weight excluding hydrogens is 202 g/mol. The lowest BCUT2D eigenvalue weighted by Crippen LogP contribution is -2.47. The van der Waals surface area contributed by atoms with Crippen LogP contribution < -0.4 is 0 Å². The Morgan fingerprint density at radius 3 is 2.88 bits per heavy atom. The molecule has 16 heavy (non-hydrogen) atoms. The van der Waals surface area contributed by atoms with Crippen molar-refractivity contribution >= 4 is 5.97 Å². The lowest BCUT2D eigenvalue weighted by atomic mass is 9.77. The Labute approximate surface area is 97.8 Å². The van der Waals surface area contributed by atoms with E-state index >= 15 is 0 Å². The summed E-state index contributed by atoms with van der Waals surface area (Å²) in [4.78, 5) is 13.6. The summed E-state index contributed by atoms with van der Waals surface area (Å²) in [6, 6.07) is 0. The van der Waals surface area contributed by atoms with Crippen LogP contribution in [0.4, 0.5) is 0 Å². The Morgan fingerprint density at radius 2 is 2.31 bits per heavy atom. The average Bonchev–Trinajstić information content (AvgIpc) is 2.29. The Bertz CT molecular complexity index is 303. The second-order valence-corrected chi connectivity index (χ2v) is 4.50. The van der Waals surface area contributed by atoms with Crippen LogP contribution in [-0.4, -0.2) is 35.6 Å². The van der Waals surface area contributed by atoms with Gasteiger partial charge in [-0.2, -0.15) is 0 Å². The van der Waals surface area contributed by atoms with E-state index in [0.29, 0.717) is 6.54 Å². The van der Waals surface area contributed by atoms with Gasteiger partial charge in [0, 0.05) is 19.5 Å². The van der Waals surface area contributed by atoms with E-state index in [1.165, 1.54) is 0 Å². The first-order valence-corrected chi connectivity index (χ1v) is 6.00. The van der Waals surface area contributed by atoms with Gasteiger partial charge in [0.25, 0.3) is 0 Å². The SMILES string of the molecule is CC#CCCN1CCCC(CC)(C(=O)O)C1. The van der Waals surface area contributed by atoms with E-state index in [1.54, 1.807) is 0 Å². The third kappa shape index (κ3) is 2.99. The molecule has 1 aliphatic rings. The summed E-state index contributed by atoms with van der Waals surface area (Å²) in [5, 5.41) is 9.32. The number of hydrogen-bond donors (Lipinski definition) is 1. The van der Waals surface area contributed by atoms with Crippen LogP contribution in [0.15, 0.2) is 0 Å². The minimum absolute atomic E-state index is 0.516. The molecule has 1 N–H and O–H groups in total. The summed E-state index contributed by atoms with van der Waals surface area (Å²) in [5.41, 5.74) is -0.516. The Hall–Kier alpha value is -1.01. The van der Waals surface area contributed by atoms with Crippen molar-refractivity contribution in [3.63, 3.8) is 0 Å². The van der Waals surface area contributed by atoms with Gasteiger partial charge < -0.3 is 10.0 Å². The van der Waals surface area contributed by atoms with Gasteiger partial charge >= 0.3 is 5.97 Å². The molecule has 0 amide bonds. The number of carboxylic acids is 1. The maximum absolute atomic E-state index is 11.3. The number of hydrogen-bond acceptors (Lipinski definition) is 2. The number of piperidine rings is 1. The minimum atomic E-state index is -0.638. The number of nitrogens with zero attached hydrogens (tertiary/aromatic N) is 1. The van der Waals surface area contributed by atoms with Crippen molar-refractivity contribution in [3.8, 4) is 11.8 Å². The van der Waals surface area contributed by atoms with E-state index in [0.717, 1.165) is 38.8 Å². The molecule has 1 fully saturated rings. The van der Waals surface area contributed by atoms with Crippen LogP contribution in [-0.2, 0) is 4.79 Å². The van der Waals surface area contributed by atoms with Gasteiger partial charge in [-0.05, 0) is 32.7 Å². The zero-order valence-electron chi connectivity index (χ0n) is 10.3. The van der Waals surface area contributed by atoms with Crippen molar-refractivity contribution in [1.29, 1.82) is 0 Å². The standard InChI is InChI=1S/C13H21NO2/c1-3-5-6-9-14-10-7-8-13(4-2,11-14)12(15)16/h4,6-11H2,1-2H3,(H,15,16). The summed E-state index contributed by atoms with van der Waals surface area (Å²) in [7, 11) is 0. The zero-order chi connectivity index (χ0) is 12.0. The first-order chi connectivity index (χ1) is 7.64. The molecule has 1 saturated heterocycles. The molecule has 0 aromatic rings. The molecule has 0 bridgehead atoms. The molecule has 0 aliphatic carbocycles. The maximum Gasteiger partial charge on any atom is 0.310 e. The van der Waals surface area contributed by atoms with Gasteiger partial charge in [-0.3, -0.25) is 4.79 Å². The zero-order valence-corrected chi connectivity index (χ0v) is 10.3. The summed E-state index contributed by atoms with van der Waals surface area (Å²) >= 11 is 0. The second-order valence-electron chi connectivity index (χ2n) is 4.50. The monoisotopic (exact) mass is 223 g/mol. The Balaban J connectivity index is 2.56. The fraction of sp³-hybridized carbons (Fsp3) is 0.769. The molecule has 1 aliphatic heterocycles. The number of rotatable bonds is 4. The molecule has 1 unspecified atom stereocenters. The molecule has 90 valence electrons. The highest BCUT2D eigenvalue weighted by Gasteiger charge is 2.40. The van der Waals surface area contributed by atoms with Crippen LogP contribution >= 0.6 is 0 Å². The molecule has 1 rings (SSSR count). The predicted molar refractivity (Wildman–Crippen MR) is 64.1 cm³/mol. The van der Waals surface area contributed by atoms with Crippen LogP contribution in [0.25, 0.3) is 0 Å². The summed E-state index contributed by atoms with van der Waals surface area (Å²) in [5.74, 6) is 5.27. The van der Waals surface area contributed by atoms with Crippen LogP contribution in [0.3, 0.4) is 0 Å². The normalized spacial score (nSPS) is 25.9. The fourth-order valence-corrected chi connectivity index (χ4v) is 2.37. The molecule has 0 spiro atoms. The van der Waals surface area contributed by atoms with Crippen molar-refractivity contribution in [3.05, 3.63) is 0 Å². The largest absolute Gasteiger partial charge is 0.481 e. The lowest BCUT2D eigenvalue weighted by molar-refractivity contribution is -0.152. The number of carbonyl (C=O) groups is 1. The van der Waals surface area contributed by atoms with Crippen molar-refractivity contribution in [1.82, 2.24) is 4.90 Å². The fourth-order valence-electron chi connectivity index (χ4n) is 2.37. The van der Waals surface area contributed by atoms with Gasteiger partial charge in [-0.15, -0.1) is 11.8 Å². The molecule has 0 aromatic heterocycles. The van der Waals surface area contributed by atoms with Crippen LogP contribution in [0.1, 0.15) is 39.5 Å². The van der Waals surface area contributed by atoms with Gasteiger partial charge in [0.2, 0.25) is 0 Å². The number of carboxylic acid groups (broad SMARTS) is 1. The van der Waals surface area contributed by atoms with E-state index in [2.05, 4.69) is 16.7 Å². The van der Waals surface area contributed by atoms with E-state index in [-0.39, 0.29) is 0 Å². The van der Waals surface area contributed by atoms with Crippen molar-refractivity contribution in [2.45, 2.75) is 39.5 Å². The highest BCUT2D eigenvalue weighted by atomic mass is 16.4. The van der Waals surface area contributed by atoms with Gasteiger partial charge in [-0.25, -0.2) is 0 Å². The molecule has 3 nitrogen and oxygen atoms in total. The first kappa shape index (κ1) is 13.1. The Morgan fingerprint density at radius 1 is 1.56 bits per heavy atom. The van der Waals surface area contributed by atoms with Gasteiger partial charge in [0.1, 0.15) is 0 Å². The van der Waals surface area contributed by atoms with Gasteiger partial charge in [-0.1, -0.05) is 6.92 Å². The van der Waals surface area contributed by atoms with Crippen LogP contribution in [0, 0.1) is 17.3 Å². The second kappa shape index (κ2) is 5.91. The summed E-state index contributed by atoms with van der Waals surface area (Å²) in [6.07, 6.45) is 3.36. The van der Waals surface area contributed by atoms with E-state index < -0.39 is 11.4 Å². The number of aliphatic carboxylic acids is 1. The van der Waals surface area contributed by atoms with Crippen LogP contribution in [0.5, 0.6) is 0 Å². The van der Waals surface area contributed by atoms with E-state index in [4.69, 9.17) is 0 Å².